The van der Waals surface area contributed by atoms with E-state index in [2.05, 4.69) is 37.5 Å². The van der Waals surface area contributed by atoms with Crippen molar-refractivity contribution < 1.29 is 9.90 Å². The van der Waals surface area contributed by atoms with Crippen LogP contribution in [0.5, 0.6) is 0 Å². The molecule has 0 bridgehead atoms. The third-order valence-corrected chi connectivity index (χ3v) is 6.22. The topological polar surface area (TPSA) is 45.5 Å². The fourth-order valence-electron chi connectivity index (χ4n) is 4.16. The fraction of sp³-hybridized carbons (Fsp3) is 0.320. The largest absolute Gasteiger partial charge is 0.390 e. The molecule has 4 nitrogen and oxygen atoms in total. The Morgan fingerprint density at radius 3 is 2.53 bits per heavy atom. The van der Waals surface area contributed by atoms with E-state index in [1.807, 2.05) is 48.7 Å². The van der Waals surface area contributed by atoms with E-state index in [0.717, 1.165) is 34.0 Å². The molecule has 1 aliphatic heterocycles. The van der Waals surface area contributed by atoms with Gasteiger partial charge < -0.3 is 14.6 Å². The van der Waals surface area contributed by atoms with E-state index >= 15 is 0 Å². The second-order valence-electron chi connectivity index (χ2n) is 7.97. The maximum Gasteiger partial charge on any atom is 0.185 e. The average molecular weight is 467 g/mol. The van der Waals surface area contributed by atoms with Crippen LogP contribution in [-0.2, 0) is 6.54 Å². The Kier molecular flexibility index (Phi) is 6.82. The van der Waals surface area contributed by atoms with E-state index in [1.54, 1.807) is 6.08 Å². The molecule has 0 amide bonds. The number of aliphatic hydroxyl groups is 1. The van der Waals surface area contributed by atoms with Gasteiger partial charge in [0.1, 0.15) is 0 Å². The quantitative estimate of drug-likeness (QED) is 0.386. The number of aromatic nitrogens is 1. The van der Waals surface area contributed by atoms with Gasteiger partial charge in [-0.15, -0.1) is 0 Å². The van der Waals surface area contributed by atoms with Gasteiger partial charge in [-0.2, -0.15) is 0 Å². The number of carbonyl (C=O) groups is 1. The standard InChI is InChI=1S/C25H27BrN2O2/c26-21-11-8-19(9-12-21)25(30)13-10-20-16-28(24-7-3-2-6-23(20)24)18-22(29)17-27-14-4-1-5-15-27/h2-3,6-13,16,22,29H,1,4-5,14-15,17-18H2. The van der Waals surface area contributed by atoms with Gasteiger partial charge in [0.25, 0.3) is 0 Å². The molecule has 1 aliphatic rings. The predicted molar refractivity (Wildman–Crippen MR) is 126 cm³/mol. The number of aliphatic hydroxyl groups excluding tert-OH is 1. The Balaban J connectivity index is 1.51. The molecule has 156 valence electrons. The van der Waals surface area contributed by atoms with Gasteiger partial charge >= 0.3 is 0 Å². The van der Waals surface area contributed by atoms with Crippen LogP contribution in [0.15, 0.2) is 65.3 Å². The third-order valence-electron chi connectivity index (χ3n) is 5.69. The fourth-order valence-corrected chi connectivity index (χ4v) is 4.42. The molecular weight excluding hydrogens is 440 g/mol. The molecule has 1 unspecified atom stereocenters. The van der Waals surface area contributed by atoms with E-state index in [9.17, 15) is 9.90 Å². The molecular formula is C25H27BrN2O2. The zero-order valence-electron chi connectivity index (χ0n) is 17.0. The van der Waals surface area contributed by atoms with E-state index in [4.69, 9.17) is 0 Å². The molecule has 1 aromatic heterocycles. The highest BCUT2D eigenvalue weighted by Crippen LogP contribution is 2.23. The van der Waals surface area contributed by atoms with E-state index in [0.29, 0.717) is 18.7 Å². The Morgan fingerprint density at radius 2 is 1.77 bits per heavy atom. The Morgan fingerprint density at radius 1 is 1.03 bits per heavy atom. The number of β-amino-alcohol motifs (C(OH)–C–C–N with tert-alkyl or cyclic N) is 1. The van der Waals surface area contributed by atoms with Crippen molar-refractivity contribution in [2.45, 2.75) is 31.9 Å². The normalized spacial score (nSPS) is 16.3. The number of hydrogen-bond donors (Lipinski definition) is 1. The smallest absolute Gasteiger partial charge is 0.185 e. The number of piperidine rings is 1. The van der Waals surface area contributed by atoms with Gasteiger partial charge in [-0.3, -0.25) is 4.79 Å². The minimum atomic E-state index is -0.417. The molecule has 4 rings (SSSR count). The molecule has 1 fully saturated rings. The summed E-state index contributed by atoms with van der Waals surface area (Å²) in [6, 6.07) is 15.5. The summed E-state index contributed by atoms with van der Waals surface area (Å²) in [5.74, 6) is -0.0236. The number of benzene rings is 2. The SMILES string of the molecule is O=C(C=Cc1cn(CC(O)CN2CCCCC2)c2ccccc12)c1ccc(Br)cc1. The minimum Gasteiger partial charge on any atom is -0.390 e. The van der Waals surface area contributed by atoms with Crippen molar-refractivity contribution >= 4 is 38.7 Å². The molecule has 0 aliphatic carbocycles. The summed E-state index contributed by atoms with van der Waals surface area (Å²) in [4.78, 5) is 14.9. The van der Waals surface area contributed by atoms with Gasteiger partial charge in [-0.05, 0) is 68.4 Å². The number of para-hydroxylation sites is 1. The summed E-state index contributed by atoms with van der Waals surface area (Å²) < 4.78 is 3.06. The molecule has 1 saturated heterocycles. The third kappa shape index (κ3) is 5.09. The number of halogens is 1. The predicted octanol–water partition coefficient (Wildman–Crippen LogP) is 5.15. The Labute approximate surface area is 185 Å². The summed E-state index contributed by atoms with van der Waals surface area (Å²) in [5, 5.41) is 11.8. The van der Waals surface area contributed by atoms with Crippen molar-refractivity contribution in [3.63, 3.8) is 0 Å². The highest BCUT2D eigenvalue weighted by atomic mass is 79.9. The second kappa shape index (κ2) is 9.73. The first-order chi connectivity index (χ1) is 14.6. The summed E-state index contributed by atoms with van der Waals surface area (Å²) in [6.45, 7) is 3.41. The number of carbonyl (C=O) groups excluding carboxylic acids is 1. The van der Waals surface area contributed by atoms with Crippen LogP contribution in [0.4, 0.5) is 0 Å². The van der Waals surface area contributed by atoms with Crippen LogP contribution in [-0.4, -0.2) is 46.1 Å². The monoisotopic (exact) mass is 466 g/mol. The summed E-state index contributed by atoms with van der Waals surface area (Å²) >= 11 is 3.40. The zero-order chi connectivity index (χ0) is 20.9. The van der Waals surface area contributed by atoms with Gasteiger partial charge in [0.15, 0.2) is 5.78 Å². The molecule has 5 heteroatoms. The first kappa shape index (κ1) is 21.0. The molecule has 0 spiro atoms. The number of ketones is 1. The minimum absolute atomic E-state index is 0.0236. The molecule has 1 atom stereocenters. The molecule has 2 aromatic carbocycles. The molecule has 0 radical (unpaired) electrons. The average Bonchev–Trinajstić information content (AvgIpc) is 3.10. The van der Waals surface area contributed by atoms with Crippen molar-refractivity contribution in [3.8, 4) is 0 Å². The summed E-state index contributed by atoms with van der Waals surface area (Å²) in [7, 11) is 0. The highest BCUT2D eigenvalue weighted by molar-refractivity contribution is 9.10. The number of rotatable bonds is 7. The number of likely N-dealkylation sites (tertiary alicyclic amines) is 1. The zero-order valence-corrected chi connectivity index (χ0v) is 18.6. The first-order valence-electron chi connectivity index (χ1n) is 10.6. The van der Waals surface area contributed by atoms with Gasteiger partial charge in [0.2, 0.25) is 0 Å². The number of hydrogen-bond acceptors (Lipinski definition) is 3. The number of fused-ring (bicyclic) bond motifs is 1. The number of nitrogens with zero attached hydrogens (tertiary/aromatic N) is 2. The molecule has 2 heterocycles. The van der Waals surface area contributed by atoms with E-state index in [-0.39, 0.29) is 5.78 Å². The molecule has 1 N–H and O–H groups in total. The lowest BCUT2D eigenvalue weighted by Crippen LogP contribution is -2.37. The van der Waals surface area contributed by atoms with Crippen LogP contribution in [0.3, 0.4) is 0 Å². The van der Waals surface area contributed by atoms with Crippen molar-refractivity contribution in [2.24, 2.45) is 0 Å². The molecule has 0 saturated carbocycles. The van der Waals surface area contributed by atoms with Crippen LogP contribution in [0.2, 0.25) is 0 Å². The van der Waals surface area contributed by atoms with Gasteiger partial charge in [0.05, 0.1) is 6.10 Å². The Hall–Kier alpha value is -2.21. The lowest BCUT2D eigenvalue weighted by molar-refractivity contribution is 0.0892. The van der Waals surface area contributed by atoms with Crippen molar-refractivity contribution in [2.75, 3.05) is 19.6 Å². The highest BCUT2D eigenvalue weighted by Gasteiger charge is 2.16. The van der Waals surface area contributed by atoms with Crippen molar-refractivity contribution in [1.82, 2.24) is 9.47 Å². The van der Waals surface area contributed by atoms with Crippen molar-refractivity contribution in [3.05, 3.63) is 76.4 Å². The van der Waals surface area contributed by atoms with Gasteiger partial charge in [-0.1, -0.05) is 40.5 Å². The lowest BCUT2D eigenvalue weighted by Gasteiger charge is -2.28. The van der Waals surface area contributed by atoms with E-state index < -0.39 is 6.10 Å². The second-order valence-corrected chi connectivity index (χ2v) is 8.89. The van der Waals surface area contributed by atoms with E-state index in [1.165, 1.54) is 19.3 Å². The van der Waals surface area contributed by atoms with Crippen molar-refractivity contribution in [1.29, 1.82) is 0 Å². The lowest BCUT2D eigenvalue weighted by atomic mass is 10.1. The maximum absolute atomic E-state index is 12.5. The molecule has 30 heavy (non-hydrogen) atoms. The van der Waals surface area contributed by atoms with Crippen LogP contribution in [0.25, 0.3) is 17.0 Å². The molecule has 3 aromatic rings. The van der Waals surface area contributed by atoms with Crippen LogP contribution in [0.1, 0.15) is 35.2 Å². The number of allylic oxidation sites excluding steroid dienone is 1. The van der Waals surface area contributed by atoms with Crippen LogP contribution < -0.4 is 0 Å². The van der Waals surface area contributed by atoms with Gasteiger partial charge in [-0.25, -0.2) is 0 Å². The van der Waals surface area contributed by atoms with Gasteiger partial charge in [0, 0.05) is 45.8 Å². The maximum atomic E-state index is 12.5. The summed E-state index contributed by atoms with van der Waals surface area (Å²) in [5.41, 5.74) is 2.72. The Bertz CT molecular complexity index is 1030. The summed E-state index contributed by atoms with van der Waals surface area (Å²) in [6.07, 6.45) is 8.86. The van der Waals surface area contributed by atoms with Crippen LogP contribution in [0, 0.1) is 0 Å². The first-order valence-corrected chi connectivity index (χ1v) is 11.4. The van der Waals surface area contributed by atoms with Crippen LogP contribution >= 0.6 is 15.9 Å².